The van der Waals surface area contributed by atoms with Crippen molar-refractivity contribution < 1.29 is 4.43 Å². The molecule has 1 atom stereocenters. The van der Waals surface area contributed by atoms with E-state index in [1.165, 1.54) is 5.56 Å². The Bertz CT molecular complexity index is 405. The van der Waals surface area contributed by atoms with Crippen LogP contribution in [0.3, 0.4) is 0 Å². The summed E-state index contributed by atoms with van der Waals surface area (Å²) >= 11 is 0. The van der Waals surface area contributed by atoms with Gasteiger partial charge in [0.1, 0.15) is 0 Å². The van der Waals surface area contributed by atoms with Crippen LogP contribution in [0.25, 0.3) is 10.4 Å². The summed E-state index contributed by atoms with van der Waals surface area (Å²) in [7, 11) is -1.58. The van der Waals surface area contributed by atoms with Crippen LogP contribution in [-0.2, 0) is 4.43 Å². The lowest BCUT2D eigenvalue weighted by atomic mass is 10.1. The molecule has 17 heavy (non-hydrogen) atoms. The second-order valence-electron chi connectivity index (χ2n) is 5.05. The maximum atomic E-state index is 8.60. The number of rotatable bonds is 5. The summed E-state index contributed by atoms with van der Waals surface area (Å²) in [4.78, 5) is 2.90. The number of azide groups is 1. The predicted octanol–water partition coefficient (Wildman–Crippen LogP) is 4.20. The highest BCUT2D eigenvalue weighted by Gasteiger charge is 2.18. The van der Waals surface area contributed by atoms with Crippen LogP contribution in [0.5, 0.6) is 0 Å². The van der Waals surface area contributed by atoms with Crippen molar-refractivity contribution in [3.63, 3.8) is 0 Å². The monoisotopic (exact) mass is 249 g/mol. The minimum absolute atomic E-state index is 0.229. The van der Waals surface area contributed by atoms with E-state index in [1.807, 2.05) is 31.2 Å². The number of nitrogens with zero attached hydrogens (tertiary/aromatic N) is 3. The van der Waals surface area contributed by atoms with Crippen LogP contribution < -0.4 is 0 Å². The van der Waals surface area contributed by atoms with Gasteiger partial charge in [0.15, 0.2) is 8.32 Å². The molecule has 0 amide bonds. The fraction of sp³-hybridized carbons (Fsp3) is 0.500. The van der Waals surface area contributed by atoms with Gasteiger partial charge in [-0.05, 0) is 37.7 Å². The maximum absolute atomic E-state index is 8.60. The summed E-state index contributed by atoms with van der Waals surface area (Å²) in [6, 6.07) is 7.78. The zero-order valence-corrected chi connectivity index (χ0v) is 11.8. The van der Waals surface area contributed by atoms with E-state index in [9.17, 15) is 0 Å². The molecule has 0 saturated heterocycles. The van der Waals surface area contributed by atoms with E-state index >= 15 is 0 Å². The van der Waals surface area contributed by atoms with Gasteiger partial charge in [-0.25, -0.2) is 0 Å². The molecule has 0 aliphatic heterocycles. The Hall–Kier alpha value is -1.29. The van der Waals surface area contributed by atoms with E-state index in [-0.39, 0.29) is 6.04 Å². The number of hydrogen-bond donors (Lipinski definition) is 0. The van der Waals surface area contributed by atoms with Crippen molar-refractivity contribution >= 4 is 8.32 Å². The Morgan fingerprint density at radius 3 is 2.35 bits per heavy atom. The van der Waals surface area contributed by atoms with Gasteiger partial charge >= 0.3 is 0 Å². The van der Waals surface area contributed by atoms with Gasteiger partial charge in [-0.15, -0.1) is 0 Å². The van der Waals surface area contributed by atoms with E-state index in [0.29, 0.717) is 6.61 Å². The van der Waals surface area contributed by atoms with Crippen LogP contribution in [0.1, 0.15) is 17.2 Å². The quantitative estimate of drug-likeness (QED) is 0.334. The van der Waals surface area contributed by atoms with E-state index in [0.717, 1.165) is 5.56 Å². The average Bonchev–Trinajstić information content (AvgIpc) is 2.24. The molecule has 5 heteroatoms. The van der Waals surface area contributed by atoms with Crippen LogP contribution >= 0.6 is 0 Å². The molecule has 0 saturated carbocycles. The van der Waals surface area contributed by atoms with Gasteiger partial charge in [0.25, 0.3) is 0 Å². The Labute approximate surface area is 103 Å². The molecule has 1 aromatic rings. The topological polar surface area (TPSA) is 58.0 Å². The lowest BCUT2D eigenvalue weighted by Crippen LogP contribution is -2.27. The van der Waals surface area contributed by atoms with Crippen LogP contribution in [0.15, 0.2) is 29.4 Å². The first-order chi connectivity index (χ1) is 7.92. The first-order valence-corrected chi connectivity index (χ1v) is 9.08. The summed E-state index contributed by atoms with van der Waals surface area (Å²) in [5.74, 6) is 0. The van der Waals surface area contributed by atoms with Crippen LogP contribution in [0.4, 0.5) is 0 Å². The highest BCUT2D eigenvalue weighted by Crippen LogP contribution is 2.20. The van der Waals surface area contributed by atoms with Crippen molar-refractivity contribution in [1.29, 1.82) is 0 Å². The summed E-state index contributed by atoms with van der Waals surface area (Å²) in [6.07, 6.45) is 0. The second kappa shape index (κ2) is 5.86. The van der Waals surface area contributed by atoms with Gasteiger partial charge in [0.2, 0.25) is 0 Å². The van der Waals surface area contributed by atoms with Crippen molar-refractivity contribution in [3.05, 3.63) is 45.8 Å². The Morgan fingerprint density at radius 1 is 1.29 bits per heavy atom. The van der Waals surface area contributed by atoms with Gasteiger partial charge < -0.3 is 4.43 Å². The van der Waals surface area contributed by atoms with Crippen LogP contribution in [0.2, 0.25) is 19.6 Å². The third kappa shape index (κ3) is 5.04. The third-order valence-corrected chi connectivity index (χ3v) is 3.36. The van der Waals surface area contributed by atoms with Gasteiger partial charge in [-0.2, -0.15) is 0 Å². The Kier molecular flexibility index (Phi) is 4.75. The highest BCUT2D eigenvalue weighted by molar-refractivity contribution is 6.69. The summed E-state index contributed by atoms with van der Waals surface area (Å²) in [5, 5.41) is 3.80. The standard InChI is InChI=1S/C12H19N3OSi/c1-10-5-7-11(8-6-10)12(14-15-13)9-16-17(2,3)4/h5-8,12H,9H2,1-4H3. The highest BCUT2D eigenvalue weighted by atomic mass is 28.4. The zero-order chi connectivity index (χ0) is 12.9. The Morgan fingerprint density at radius 2 is 1.88 bits per heavy atom. The minimum atomic E-state index is -1.58. The molecule has 0 N–H and O–H groups in total. The average molecular weight is 249 g/mol. The number of benzene rings is 1. The largest absolute Gasteiger partial charge is 0.417 e. The predicted molar refractivity (Wildman–Crippen MR) is 72.4 cm³/mol. The molecule has 1 unspecified atom stereocenters. The molecule has 0 radical (unpaired) electrons. The molecule has 0 aromatic heterocycles. The lowest BCUT2D eigenvalue weighted by molar-refractivity contribution is 0.284. The van der Waals surface area contributed by atoms with Gasteiger partial charge in [0.05, 0.1) is 6.04 Å². The van der Waals surface area contributed by atoms with Crippen molar-refractivity contribution in [1.82, 2.24) is 0 Å². The fourth-order valence-electron chi connectivity index (χ4n) is 1.38. The van der Waals surface area contributed by atoms with E-state index < -0.39 is 8.32 Å². The van der Waals surface area contributed by atoms with Gasteiger partial charge in [-0.3, -0.25) is 0 Å². The van der Waals surface area contributed by atoms with E-state index in [2.05, 4.69) is 29.7 Å². The molecular weight excluding hydrogens is 230 g/mol. The van der Waals surface area contributed by atoms with Gasteiger partial charge in [0, 0.05) is 11.5 Å². The minimum Gasteiger partial charge on any atom is -0.417 e. The molecule has 0 aliphatic carbocycles. The molecule has 4 nitrogen and oxygen atoms in total. The molecule has 1 aromatic carbocycles. The van der Waals surface area contributed by atoms with Crippen molar-refractivity contribution in [2.45, 2.75) is 32.6 Å². The summed E-state index contributed by atoms with van der Waals surface area (Å²) < 4.78 is 5.80. The van der Waals surface area contributed by atoms with Crippen LogP contribution in [-0.4, -0.2) is 14.9 Å². The fourth-order valence-corrected chi connectivity index (χ4v) is 2.03. The SMILES string of the molecule is Cc1ccc(C(CO[Si](C)(C)C)N=[N+]=[N-])cc1. The van der Waals surface area contributed by atoms with E-state index in [4.69, 9.17) is 9.96 Å². The maximum Gasteiger partial charge on any atom is 0.183 e. The zero-order valence-electron chi connectivity index (χ0n) is 10.8. The van der Waals surface area contributed by atoms with E-state index in [1.54, 1.807) is 0 Å². The van der Waals surface area contributed by atoms with Crippen molar-refractivity contribution in [2.75, 3.05) is 6.61 Å². The molecule has 0 spiro atoms. The lowest BCUT2D eigenvalue weighted by Gasteiger charge is -2.20. The molecule has 92 valence electrons. The molecule has 0 heterocycles. The molecule has 0 aliphatic rings. The summed E-state index contributed by atoms with van der Waals surface area (Å²) in [6.45, 7) is 8.85. The molecule has 0 fully saturated rings. The first-order valence-electron chi connectivity index (χ1n) is 5.67. The number of hydrogen-bond acceptors (Lipinski definition) is 2. The molecule has 0 bridgehead atoms. The molecule has 1 rings (SSSR count). The van der Waals surface area contributed by atoms with Gasteiger partial charge in [-0.1, -0.05) is 34.9 Å². The third-order valence-electron chi connectivity index (χ3n) is 2.33. The smallest absolute Gasteiger partial charge is 0.183 e. The Balaban J connectivity index is 2.79. The normalized spacial score (nSPS) is 12.9. The first kappa shape index (κ1) is 13.8. The molecular formula is C12H19N3OSi. The number of aryl methyl sites for hydroxylation is 1. The van der Waals surface area contributed by atoms with Crippen LogP contribution in [0, 0.1) is 6.92 Å². The van der Waals surface area contributed by atoms with Crippen molar-refractivity contribution in [2.24, 2.45) is 5.11 Å². The summed E-state index contributed by atoms with van der Waals surface area (Å²) in [5.41, 5.74) is 10.8. The second-order valence-corrected chi connectivity index (χ2v) is 9.57. The van der Waals surface area contributed by atoms with Crippen molar-refractivity contribution in [3.8, 4) is 0 Å².